The van der Waals surface area contributed by atoms with Crippen molar-refractivity contribution in [3.63, 3.8) is 0 Å². The number of rotatable bonds is 8. The Morgan fingerprint density at radius 2 is 1.76 bits per heavy atom. The predicted octanol–water partition coefficient (Wildman–Crippen LogP) is 3.91. The van der Waals surface area contributed by atoms with E-state index in [0.717, 1.165) is 22.9 Å². The molecule has 8 heteroatoms. The molecule has 3 rings (SSSR count). The molecule has 156 valence electrons. The van der Waals surface area contributed by atoms with Gasteiger partial charge in [0.15, 0.2) is 0 Å². The van der Waals surface area contributed by atoms with Crippen LogP contribution in [0.3, 0.4) is 0 Å². The molecule has 0 saturated heterocycles. The molecule has 29 heavy (non-hydrogen) atoms. The minimum absolute atomic E-state index is 0.00448. The highest BCUT2D eigenvalue weighted by atomic mass is 79.9. The molecule has 6 nitrogen and oxygen atoms in total. The highest BCUT2D eigenvalue weighted by molar-refractivity contribution is 9.10. The van der Waals surface area contributed by atoms with Gasteiger partial charge in [0.25, 0.3) is 5.91 Å². The van der Waals surface area contributed by atoms with Gasteiger partial charge < -0.3 is 10.1 Å². The van der Waals surface area contributed by atoms with Crippen molar-refractivity contribution in [3.8, 4) is 5.75 Å². The highest BCUT2D eigenvalue weighted by Gasteiger charge is 2.45. The van der Waals surface area contributed by atoms with E-state index in [1.807, 2.05) is 24.3 Å². The molecule has 1 aliphatic rings. The van der Waals surface area contributed by atoms with E-state index in [4.69, 9.17) is 4.74 Å². The molecule has 0 unspecified atom stereocenters. The monoisotopic (exact) mass is 480 g/mol. The Kier molecular flexibility index (Phi) is 6.36. The Bertz CT molecular complexity index is 998. The number of amides is 1. The summed E-state index contributed by atoms with van der Waals surface area (Å²) in [6.45, 7) is 4.23. The molecule has 0 bridgehead atoms. The van der Waals surface area contributed by atoms with Crippen LogP contribution in [-0.2, 0) is 15.6 Å². The van der Waals surface area contributed by atoms with Crippen molar-refractivity contribution in [1.82, 2.24) is 9.62 Å². The first-order valence-corrected chi connectivity index (χ1v) is 11.8. The van der Waals surface area contributed by atoms with Gasteiger partial charge in [-0.1, -0.05) is 41.9 Å². The number of carbonyl (C=O) groups is 1. The number of nitrogens with zero attached hydrogens (tertiary/aromatic N) is 1. The smallest absolute Gasteiger partial charge is 0.252 e. The minimum atomic E-state index is -3.76. The zero-order valence-corrected chi connectivity index (χ0v) is 19.1. The van der Waals surface area contributed by atoms with Gasteiger partial charge in [-0.15, -0.1) is 0 Å². The van der Waals surface area contributed by atoms with Gasteiger partial charge in [-0.25, -0.2) is 8.42 Å². The summed E-state index contributed by atoms with van der Waals surface area (Å²) in [5, 5.41) is 3.09. The molecule has 1 amide bonds. The summed E-state index contributed by atoms with van der Waals surface area (Å²) >= 11 is 3.42. The Hall–Kier alpha value is -1.90. The topological polar surface area (TPSA) is 75.7 Å². The second-order valence-electron chi connectivity index (χ2n) is 7.00. The molecule has 0 aromatic heterocycles. The van der Waals surface area contributed by atoms with Gasteiger partial charge in [-0.2, -0.15) is 4.31 Å². The van der Waals surface area contributed by atoms with Crippen LogP contribution in [0.2, 0.25) is 0 Å². The number of hydrogen-bond acceptors (Lipinski definition) is 4. The molecular formula is C21H25BrN2O4S. The molecule has 0 radical (unpaired) electrons. The van der Waals surface area contributed by atoms with E-state index in [1.165, 1.54) is 23.5 Å². The predicted molar refractivity (Wildman–Crippen MR) is 116 cm³/mol. The van der Waals surface area contributed by atoms with Crippen LogP contribution < -0.4 is 10.1 Å². The summed E-state index contributed by atoms with van der Waals surface area (Å²) < 4.78 is 33.6. The number of hydrogen-bond donors (Lipinski definition) is 1. The van der Waals surface area contributed by atoms with E-state index in [-0.39, 0.29) is 16.6 Å². The number of halogens is 1. The van der Waals surface area contributed by atoms with Crippen LogP contribution in [-0.4, -0.2) is 38.8 Å². The maximum absolute atomic E-state index is 13.0. The molecule has 1 N–H and O–H groups in total. The zero-order chi connectivity index (χ0) is 21.2. The summed E-state index contributed by atoms with van der Waals surface area (Å²) in [5.74, 6) is -0.0773. The van der Waals surface area contributed by atoms with Gasteiger partial charge >= 0.3 is 0 Å². The van der Waals surface area contributed by atoms with E-state index in [1.54, 1.807) is 19.9 Å². The van der Waals surface area contributed by atoms with Crippen LogP contribution in [0.4, 0.5) is 0 Å². The average Bonchev–Trinajstić information content (AvgIpc) is 3.49. The van der Waals surface area contributed by atoms with E-state index < -0.39 is 15.6 Å². The molecule has 1 fully saturated rings. The van der Waals surface area contributed by atoms with E-state index >= 15 is 0 Å². The first kappa shape index (κ1) is 21.8. The largest absolute Gasteiger partial charge is 0.495 e. The van der Waals surface area contributed by atoms with Crippen molar-refractivity contribution in [3.05, 3.63) is 58.1 Å². The fraction of sp³-hybridized carbons (Fsp3) is 0.381. The fourth-order valence-electron chi connectivity index (χ4n) is 3.39. The molecule has 2 aromatic carbocycles. The lowest BCUT2D eigenvalue weighted by Gasteiger charge is -2.21. The number of sulfonamides is 1. The van der Waals surface area contributed by atoms with Crippen LogP contribution in [0, 0.1) is 0 Å². The second kappa shape index (κ2) is 8.45. The molecule has 0 atom stereocenters. The van der Waals surface area contributed by atoms with E-state index in [2.05, 4.69) is 21.2 Å². The lowest BCUT2D eigenvalue weighted by molar-refractivity contribution is 0.0930. The normalized spacial score (nSPS) is 15.2. The molecule has 1 aliphatic carbocycles. The molecule has 1 saturated carbocycles. The third-order valence-electron chi connectivity index (χ3n) is 5.25. The Morgan fingerprint density at radius 3 is 2.28 bits per heavy atom. The number of benzene rings is 2. The second-order valence-corrected chi connectivity index (χ2v) is 9.82. The van der Waals surface area contributed by atoms with Gasteiger partial charge in [-0.05, 0) is 48.7 Å². The first-order valence-electron chi connectivity index (χ1n) is 9.54. The number of ether oxygens (including phenoxy) is 1. The average molecular weight is 481 g/mol. The highest BCUT2D eigenvalue weighted by Crippen LogP contribution is 2.46. The van der Waals surface area contributed by atoms with Crippen molar-refractivity contribution in [2.75, 3.05) is 20.2 Å². The Balaban J connectivity index is 1.91. The molecular weight excluding hydrogens is 456 g/mol. The Morgan fingerprint density at radius 1 is 1.14 bits per heavy atom. The summed E-state index contributed by atoms with van der Waals surface area (Å²) in [6.07, 6.45) is 1.70. The van der Waals surface area contributed by atoms with Crippen LogP contribution >= 0.6 is 15.9 Å². The lowest BCUT2D eigenvalue weighted by Crippen LogP contribution is -2.35. The van der Waals surface area contributed by atoms with Crippen molar-refractivity contribution < 1.29 is 17.9 Å². The van der Waals surface area contributed by atoms with Crippen molar-refractivity contribution >= 4 is 31.9 Å². The zero-order valence-electron chi connectivity index (χ0n) is 16.7. The summed E-state index contributed by atoms with van der Waals surface area (Å²) in [7, 11) is -2.34. The minimum Gasteiger partial charge on any atom is -0.495 e. The summed E-state index contributed by atoms with van der Waals surface area (Å²) in [4.78, 5) is 13.0. The van der Waals surface area contributed by atoms with Crippen LogP contribution in [0.25, 0.3) is 0 Å². The molecule has 0 aliphatic heterocycles. The van der Waals surface area contributed by atoms with Gasteiger partial charge in [0.05, 0.1) is 12.6 Å². The van der Waals surface area contributed by atoms with Gasteiger partial charge in [0.2, 0.25) is 10.0 Å². The lowest BCUT2D eigenvalue weighted by atomic mass is 10.0. The van der Waals surface area contributed by atoms with Gasteiger partial charge in [0.1, 0.15) is 10.6 Å². The maximum Gasteiger partial charge on any atom is 0.252 e. The summed E-state index contributed by atoms with van der Waals surface area (Å²) in [6, 6.07) is 12.4. The standard InChI is InChI=1S/C21H25BrN2O4S/c1-4-24(5-2)29(26,27)19-14-15(6-11-18(19)28-3)20(25)23-21(12-13-21)16-7-9-17(22)10-8-16/h6-11,14H,4-5,12-13H2,1-3H3,(H,23,25). The molecule has 0 heterocycles. The van der Waals surface area contributed by atoms with E-state index in [9.17, 15) is 13.2 Å². The molecule has 0 spiro atoms. The van der Waals surface area contributed by atoms with Crippen LogP contribution in [0.15, 0.2) is 51.8 Å². The number of methoxy groups -OCH3 is 1. The third kappa shape index (κ3) is 4.34. The van der Waals surface area contributed by atoms with Gasteiger partial charge in [0, 0.05) is 23.1 Å². The first-order chi connectivity index (χ1) is 13.8. The SMILES string of the molecule is CCN(CC)S(=O)(=O)c1cc(C(=O)NC2(c3ccc(Br)cc3)CC2)ccc1OC. The van der Waals surface area contributed by atoms with E-state index in [0.29, 0.717) is 18.7 Å². The Labute approximate surface area is 180 Å². The van der Waals surface area contributed by atoms with Crippen LogP contribution in [0.1, 0.15) is 42.6 Å². The van der Waals surface area contributed by atoms with Crippen molar-refractivity contribution in [1.29, 1.82) is 0 Å². The van der Waals surface area contributed by atoms with Gasteiger partial charge in [-0.3, -0.25) is 4.79 Å². The maximum atomic E-state index is 13.0. The van der Waals surface area contributed by atoms with Crippen molar-refractivity contribution in [2.24, 2.45) is 0 Å². The third-order valence-corrected chi connectivity index (χ3v) is 7.85. The quantitative estimate of drug-likeness (QED) is 0.621. The fourth-order valence-corrected chi connectivity index (χ4v) is 5.30. The number of nitrogens with one attached hydrogen (secondary N) is 1. The molecule has 2 aromatic rings. The van der Waals surface area contributed by atoms with Crippen LogP contribution in [0.5, 0.6) is 5.75 Å². The summed E-state index contributed by atoms with van der Waals surface area (Å²) in [5.41, 5.74) is 0.939. The van der Waals surface area contributed by atoms with Crippen molar-refractivity contribution in [2.45, 2.75) is 37.1 Å². The number of carbonyl (C=O) groups excluding carboxylic acids is 1.